The monoisotopic (exact) mass is 353 g/mol. The van der Waals surface area contributed by atoms with E-state index < -0.39 is 0 Å². The summed E-state index contributed by atoms with van der Waals surface area (Å²) in [5.74, 6) is 0.692. The van der Waals surface area contributed by atoms with Crippen LogP contribution in [-0.2, 0) is 6.54 Å². The SMILES string of the molecule is COc1ccc2oc(C(=O)N(Cc3ccc(F)cc3)C3CC3)c(C)c2c1. The summed E-state index contributed by atoms with van der Waals surface area (Å²) in [6.07, 6.45) is 1.97. The van der Waals surface area contributed by atoms with Crippen molar-refractivity contribution in [1.82, 2.24) is 4.90 Å². The maximum atomic E-state index is 13.2. The molecule has 0 spiro atoms. The topological polar surface area (TPSA) is 42.7 Å². The number of aryl methyl sites for hydroxylation is 1. The summed E-state index contributed by atoms with van der Waals surface area (Å²) < 4.78 is 24.3. The van der Waals surface area contributed by atoms with Gasteiger partial charge in [0.15, 0.2) is 5.76 Å². The third-order valence-electron chi connectivity index (χ3n) is 4.85. The highest BCUT2D eigenvalue weighted by atomic mass is 19.1. The molecule has 0 unspecified atom stereocenters. The average Bonchev–Trinajstić information content (AvgIpc) is 3.44. The standard InChI is InChI=1S/C21H20FNO3/c1-13-18-11-17(25-2)9-10-19(18)26-20(13)21(24)23(16-7-8-16)12-14-3-5-15(22)6-4-14/h3-6,9-11,16H,7-8,12H2,1-2H3. The molecule has 1 fully saturated rings. The molecular formula is C21H20FNO3. The number of fused-ring (bicyclic) bond motifs is 1. The summed E-state index contributed by atoms with van der Waals surface area (Å²) >= 11 is 0. The summed E-state index contributed by atoms with van der Waals surface area (Å²) in [7, 11) is 1.61. The molecule has 0 aliphatic heterocycles. The summed E-state index contributed by atoms with van der Waals surface area (Å²) in [6, 6.07) is 12.0. The van der Waals surface area contributed by atoms with Crippen molar-refractivity contribution in [3.05, 3.63) is 65.2 Å². The second kappa shape index (κ2) is 6.48. The first-order valence-electron chi connectivity index (χ1n) is 8.69. The molecule has 0 radical (unpaired) electrons. The lowest BCUT2D eigenvalue weighted by Gasteiger charge is -2.21. The minimum atomic E-state index is -0.278. The van der Waals surface area contributed by atoms with Crippen LogP contribution in [0.2, 0.25) is 0 Å². The molecule has 4 nitrogen and oxygen atoms in total. The zero-order valence-electron chi connectivity index (χ0n) is 14.8. The van der Waals surface area contributed by atoms with Gasteiger partial charge >= 0.3 is 0 Å². The minimum Gasteiger partial charge on any atom is -0.497 e. The molecule has 1 aliphatic rings. The number of furan rings is 1. The Hall–Kier alpha value is -2.82. The van der Waals surface area contributed by atoms with E-state index in [9.17, 15) is 9.18 Å². The van der Waals surface area contributed by atoms with Crippen LogP contribution in [0.4, 0.5) is 4.39 Å². The molecule has 1 amide bonds. The minimum absolute atomic E-state index is 0.121. The van der Waals surface area contributed by atoms with Gasteiger partial charge in [-0.1, -0.05) is 12.1 Å². The fraction of sp³-hybridized carbons (Fsp3) is 0.286. The van der Waals surface area contributed by atoms with Gasteiger partial charge in [0.25, 0.3) is 5.91 Å². The van der Waals surface area contributed by atoms with Crippen LogP contribution in [-0.4, -0.2) is 24.0 Å². The molecule has 1 saturated carbocycles. The van der Waals surface area contributed by atoms with Gasteiger partial charge < -0.3 is 14.1 Å². The Morgan fingerprint density at radius 1 is 1.23 bits per heavy atom. The van der Waals surface area contributed by atoms with Crippen molar-refractivity contribution in [3.63, 3.8) is 0 Å². The lowest BCUT2D eigenvalue weighted by atomic mass is 10.1. The van der Waals surface area contributed by atoms with Crippen LogP contribution in [0.15, 0.2) is 46.9 Å². The van der Waals surface area contributed by atoms with E-state index in [-0.39, 0.29) is 17.8 Å². The molecule has 1 heterocycles. The quantitative estimate of drug-likeness (QED) is 0.668. The molecule has 2 aromatic carbocycles. The van der Waals surface area contributed by atoms with Gasteiger partial charge in [0.1, 0.15) is 17.1 Å². The van der Waals surface area contributed by atoms with Crippen molar-refractivity contribution < 1.29 is 18.3 Å². The number of carbonyl (C=O) groups excluding carboxylic acids is 1. The fourth-order valence-corrected chi connectivity index (χ4v) is 3.20. The number of methoxy groups -OCH3 is 1. The number of halogens is 1. The van der Waals surface area contributed by atoms with Crippen molar-refractivity contribution in [2.24, 2.45) is 0 Å². The number of hydrogen-bond donors (Lipinski definition) is 0. The maximum absolute atomic E-state index is 13.2. The Labute approximate surface area is 151 Å². The Kier molecular flexibility index (Phi) is 4.15. The number of amides is 1. The molecule has 5 heteroatoms. The van der Waals surface area contributed by atoms with E-state index in [1.54, 1.807) is 19.2 Å². The largest absolute Gasteiger partial charge is 0.497 e. The first-order chi connectivity index (χ1) is 12.6. The molecule has 1 aromatic heterocycles. The Morgan fingerprint density at radius 3 is 2.62 bits per heavy atom. The van der Waals surface area contributed by atoms with Crippen LogP contribution in [0.1, 0.15) is 34.5 Å². The van der Waals surface area contributed by atoms with Crippen LogP contribution < -0.4 is 4.74 Å². The smallest absolute Gasteiger partial charge is 0.290 e. The van der Waals surface area contributed by atoms with E-state index in [2.05, 4.69) is 0 Å². The van der Waals surface area contributed by atoms with Gasteiger partial charge in [-0.05, 0) is 55.7 Å². The number of rotatable bonds is 5. The van der Waals surface area contributed by atoms with Crippen LogP contribution in [0.5, 0.6) is 5.75 Å². The van der Waals surface area contributed by atoms with Gasteiger partial charge in [0, 0.05) is 23.5 Å². The Morgan fingerprint density at radius 2 is 1.96 bits per heavy atom. The third-order valence-corrected chi connectivity index (χ3v) is 4.85. The van der Waals surface area contributed by atoms with Crippen LogP contribution in [0, 0.1) is 12.7 Å². The third kappa shape index (κ3) is 3.05. The molecular weight excluding hydrogens is 333 g/mol. The predicted octanol–water partition coefficient (Wildman–Crippen LogP) is 4.69. The van der Waals surface area contributed by atoms with E-state index in [1.807, 2.05) is 30.0 Å². The van der Waals surface area contributed by atoms with Crippen LogP contribution in [0.3, 0.4) is 0 Å². The van der Waals surface area contributed by atoms with E-state index in [1.165, 1.54) is 12.1 Å². The molecule has 134 valence electrons. The van der Waals surface area contributed by atoms with Gasteiger partial charge in [-0.25, -0.2) is 4.39 Å². The summed E-state index contributed by atoms with van der Waals surface area (Å²) in [6.45, 7) is 2.34. The van der Waals surface area contributed by atoms with E-state index in [0.717, 1.165) is 35.1 Å². The van der Waals surface area contributed by atoms with Crippen LogP contribution in [0.25, 0.3) is 11.0 Å². The molecule has 4 rings (SSSR count). The maximum Gasteiger partial charge on any atom is 0.290 e. The zero-order valence-corrected chi connectivity index (χ0v) is 14.8. The van der Waals surface area contributed by atoms with E-state index >= 15 is 0 Å². The van der Waals surface area contributed by atoms with Gasteiger partial charge in [-0.2, -0.15) is 0 Å². The molecule has 0 bridgehead atoms. The van der Waals surface area contributed by atoms with Gasteiger partial charge in [-0.15, -0.1) is 0 Å². The number of hydrogen-bond acceptors (Lipinski definition) is 3. The average molecular weight is 353 g/mol. The molecule has 0 N–H and O–H groups in total. The fourth-order valence-electron chi connectivity index (χ4n) is 3.20. The van der Waals surface area contributed by atoms with Gasteiger partial charge in [0.05, 0.1) is 7.11 Å². The Bertz CT molecular complexity index is 957. The predicted molar refractivity (Wildman–Crippen MR) is 96.8 cm³/mol. The zero-order chi connectivity index (χ0) is 18.3. The first-order valence-corrected chi connectivity index (χ1v) is 8.69. The molecule has 3 aromatic rings. The normalized spacial score (nSPS) is 13.8. The molecule has 26 heavy (non-hydrogen) atoms. The van der Waals surface area contributed by atoms with Crippen molar-refractivity contribution in [3.8, 4) is 5.75 Å². The van der Waals surface area contributed by atoms with Gasteiger partial charge in [0.2, 0.25) is 0 Å². The Balaban J connectivity index is 1.66. The van der Waals surface area contributed by atoms with E-state index in [4.69, 9.17) is 9.15 Å². The second-order valence-corrected chi connectivity index (χ2v) is 6.71. The van der Waals surface area contributed by atoms with Crippen LogP contribution >= 0.6 is 0 Å². The summed E-state index contributed by atoms with van der Waals surface area (Å²) in [5, 5.41) is 0.880. The van der Waals surface area contributed by atoms with Crippen molar-refractivity contribution in [2.45, 2.75) is 32.4 Å². The lowest BCUT2D eigenvalue weighted by molar-refractivity contribution is 0.0699. The summed E-state index contributed by atoms with van der Waals surface area (Å²) in [4.78, 5) is 15.0. The number of benzene rings is 2. The number of nitrogens with zero attached hydrogens (tertiary/aromatic N) is 1. The number of carbonyl (C=O) groups is 1. The van der Waals surface area contributed by atoms with Gasteiger partial charge in [-0.3, -0.25) is 4.79 Å². The highest BCUT2D eigenvalue weighted by Gasteiger charge is 2.35. The number of ether oxygens (including phenoxy) is 1. The second-order valence-electron chi connectivity index (χ2n) is 6.71. The highest BCUT2D eigenvalue weighted by Crippen LogP contribution is 2.34. The molecule has 0 atom stereocenters. The molecule has 0 saturated heterocycles. The lowest BCUT2D eigenvalue weighted by Crippen LogP contribution is -2.32. The van der Waals surface area contributed by atoms with Crippen molar-refractivity contribution in [2.75, 3.05) is 7.11 Å². The first kappa shape index (κ1) is 16.6. The van der Waals surface area contributed by atoms with Crippen molar-refractivity contribution in [1.29, 1.82) is 0 Å². The highest BCUT2D eigenvalue weighted by molar-refractivity contribution is 5.99. The van der Waals surface area contributed by atoms with Crippen molar-refractivity contribution >= 4 is 16.9 Å². The van der Waals surface area contributed by atoms with E-state index in [0.29, 0.717) is 17.9 Å². The molecule has 1 aliphatic carbocycles. The summed E-state index contributed by atoms with van der Waals surface area (Å²) in [5.41, 5.74) is 2.39.